The fraction of sp³-hybridized carbons (Fsp3) is 0.294. The molecule has 2 aliphatic rings. The summed E-state index contributed by atoms with van der Waals surface area (Å²) in [6.07, 6.45) is 1.78. The number of ketones is 1. The number of Topliss-reactive ketones (excluding diaryl/α,β-unsaturated/α-hetero) is 1. The van der Waals surface area contributed by atoms with Crippen LogP contribution in [0.3, 0.4) is 0 Å². The van der Waals surface area contributed by atoms with Gasteiger partial charge in [0.15, 0.2) is 17.3 Å². The van der Waals surface area contributed by atoms with E-state index in [2.05, 4.69) is 17.4 Å². The molecule has 2 atom stereocenters. The number of allylic oxidation sites excluding steroid dienone is 3. The molecule has 0 radical (unpaired) electrons. The monoisotopic (exact) mass is 537 g/mol. The highest BCUT2D eigenvalue weighted by atomic mass is 16.5. The molecule has 6 nitrogen and oxygen atoms in total. The van der Waals surface area contributed by atoms with E-state index in [0.717, 1.165) is 22.4 Å². The number of hydrogen-bond acceptors (Lipinski definition) is 6. The van der Waals surface area contributed by atoms with Crippen molar-refractivity contribution in [1.29, 1.82) is 0 Å². The lowest BCUT2D eigenvalue weighted by Gasteiger charge is -2.36. The molecule has 3 aromatic carbocycles. The molecule has 3 aromatic rings. The van der Waals surface area contributed by atoms with Crippen LogP contribution >= 0.6 is 0 Å². The highest BCUT2D eigenvalue weighted by molar-refractivity contribution is 6.04. The van der Waals surface area contributed by atoms with Crippen LogP contribution in [-0.2, 0) is 20.9 Å². The van der Waals surface area contributed by atoms with Gasteiger partial charge in [0.25, 0.3) is 0 Å². The van der Waals surface area contributed by atoms with E-state index in [-0.39, 0.29) is 11.7 Å². The van der Waals surface area contributed by atoms with Gasteiger partial charge < -0.3 is 19.5 Å². The largest absolute Gasteiger partial charge is 0.493 e. The summed E-state index contributed by atoms with van der Waals surface area (Å²) in [5.41, 5.74) is 5.61. The maximum absolute atomic E-state index is 13.8. The summed E-state index contributed by atoms with van der Waals surface area (Å²) in [6.45, 7) is 4.55. The number of dihydropyridines is 1. The van der Waals surface area contributed by atoms with Crippen molar-refractivity contribution in [1.82, 2.24) is 5.32 Å². The number of ether oxygens (including phenoxy) is 3. The molecule has 1 N–H and O–H groups in total. The Labute approximate surface area is 235 Å². The zero-order valence-corrected chi connectivity index (χ0v) is 23.2. The van der Waals surface area contributed by atoms with E-state index in [1.807, 2.05) is 80.6 Å². The first-order chi connectivity index (χ1) is 19.5. The average Bonchev–Trinajstić information content (AvgIpc) is 2.98. The van der Waals surface area contributed by atoms with Gasteiger partial charge >= 0.3 is 5.97 Å². The molecule has 0 saturated carbocycles. The van der Waals surface area contributed by atoms with Gasteiger partial charge in [0, 0.05) is 29.3 Å². The Morgan fingerprint density at radius 1 is 0.925 bits per heavy atom. The summed E-state index contributed by atoms with van der Waals surface area (Å²) in [4.78, 5) is 27.2. The Hall–Kier alpha value is -4.32. The van der Waals surface area contributed by atoms with Crippen molar-refractivity contribution >= 4 is 11.8 Å². The molecule has 0 fully saturated rings. The maximum Gasteiger partial charge on any atom is 0.336 e. The number of hydrogen-bond donors (Lipinski definition) is 1. The third-order valence-corrected chi connectivity index (χ3v) is 7.51. The SMILES string of the molecule is CCCOC(=O)C1=C(C)NC2=C(C(=O)C[C@@H](c3ccccc3)C2)[C@@H]1c1ccc(OCc2ccccc2)c(OC)c1. The summed E-state index contributed by atoms with van der Waals surface area (Å²) in [5.74, 6) is 0.257. The smallest absolute Gasteiger partial charge is 0.336 e. The van der Waals surface area contributed by atoms with Gasteiger partial charge in [-0.1, -0.05) is 73.7 Å². The molecular formula is C34H35NO5. The molecule has 206 valence electrons. The topological polar surface area (TPSA) is 73.9 Å². The Morgan fingerprint density at radius 2 is 1.65 bits per heavy atom. The molecule has 5 rings (SSSR count). The quantitative estimate of drug-likeness (QED) is 0.311. The number of nitrogens with one attached hydrogen (secondary N) is 1. The van der Waals surface area contributed by atoms with Crippen LogP contribution in [0, 0.1) is 0 Å². The molecule has 0 spiro atoms. The third kappa shape index (κ3) is 5.67. The van der Waals surface area contributed by atoms with E-state index in [9.17, 15) is 9.59 Å². The summed E-state index contributed by atoms with van der Waals surface area (Å²) in [7, 11) is 1.59. The summed E-state index contributed by atoms with van der Waals surface area (Å²) in [5, 5.41) is 3.42. The highest BCUT2D eigenvalue weighted by Gasteiger charge is 2.41. The minimum atomic E-state index is -0.568. The van der Waals surface area contributed by atoms with Crippen molar-refractivity contribution < 1.29 is 23.8 Å². The minimum Gasteiger partial charge on any atom is -0.493 e. The van der Waals surface area contributed by atoms with Crippen LogP contribution in [0.5, 0.6) is 11.5 Å². The van der Waals surface area contributed by atoms with Crippen molar-refractivity contribution in [3.63, 3.8) is 0 Å². The molecule has 0 unspecified atom stereocenters. The molecular weight excluding hydrogens is 502 g/mol. The number of rotatable bonds is 9. The molecule has 6 heteroatoms. The summed E-state index contributed by atoms with van der Waals surface area (Å²) >= 11 is 0. The molecule has 0 amide bonds. The molecule has 1 heterocycles. The summed E-state index contributed by atoms with van der Waals surface area (Å²) < 4.78 is 17.4. The van der Waals surface area contributed by atoms with E-state index in [1.54, 1.807) is 7.11 Å². The van der Waals surface area contributed by atoms with Crippen LogP contribution in [0.4, 0.5) is 0 Å². The van der Waals surface area contributed by atoms with Gasteiger partial charge in [0.2, 0.25) is 0 Å². The van der Waals surface area contributed by atoms with Crippen LogP contribution in [0.25, 0.3) is 0 Å². The Bertz CT molecular complexity index is 1440. The lowest BCUT2D eigenvalue weighted by Crippen LogP contribution is -2.36. The van der Waals surface area contributed by atoms with Gasteiger partial charge in [-0.15, -0.1) is 0 Å². The molecule has 1 aliphatic heterocycles. The van der Waals surface area contributed by atoms with Crippen molar-refractivity contribution in [2.45, 2.75) is 51.6 Å². The van der Waals surface area contributed by atoms with Gasteiger partial charge in [-0.2, -0.15) is 0 Å². The Kier molecular flexibility index (Phi) is 8.34. The minimum absolute atomic E-state index is 0.0317. The number of carbonyl (C=O) groups excluding carboxylic acids is 2. The van der Waals surface area contributed by atoms with Crippen LogP contribution in [0.1, 0.15) is 61.6 Å². The van der Waals surface area contributed by atoms with Crippen LogP contribution in [0.2, 0.25) is 0 Å². The van der Waals surface area contributed by atoms with Crippen LogP contribution in [-0.4, -0.2) is 25.5 Å². The van der Waals surface area contributed by atoms with Gasteiger partial charge in [-0.25, -0.2) is 4.79 Å². The van der Waals surface area contributed by atoms with Crippen molar-refractivity contribution in [2.75, 3.05) is 13.7 Å². The third-order valence-electron chi connectivity index (χ3n) is 7.51. The highest BCUT2D eigenvalue weighted by Crippen LogP contribution is 2.47. The fourth-order valence-corrected chi connectivity index (χ4v) is 5.59. The standard InChI is InChI=1S/C34H35NO5/c1-4-17-39-34(37)31-22(2)35-27-18-26(24-13-9-6-10-14-24)19-28(36)33(27)32(31)25-15-16-29(30(20-25)38-3)40-21-23-11-7-5-8-12-23/h5-16,20,26,32,35H,4,17-19,21H2,1-3H3/t26-,32+/m0/s1. The fourth-order valence-electron chi connectivity index (χ4n) is 5.59. The number of carbonyl (C=O) groups is 2. The zero-order valence-electron chi connectivity index (χ0n) is 23.2. The second kappa shape index (κ2) is 12.2. The van der Waals surface area contributed by atoms with E-state index >= 15 is 0 Å². The maximum atomic E-state index is 13.8. The predicted octanol–water partition coefficient (Wildman–Crippen LogP) is 6.59. The van der Waals surface area contributed by atoms with Crippen molar-refractivity contribution in [3.8, 4) is 11.5 Å². The lowest BCUT2D eigenvalue weighted by molar-refractivity contribution is -0.139. The van der Waals surface area contributed by atoms with Gasteiger partial charge in [-0.3, -0.25) is 4.79 Å². The van der Waals surface area contributed by atoms with Crippen LogP contribution < -0.4 is 14.8 Å². The average molecular weight is 538 g/mol. The first-order valence-electron chi connectivity index (χ1n) is 13.8. The first-order valence-corrected chi connectivity index (χ1v) is 13.8. The molecule has 1 aliphatic carbocycles. The van der Waals surface area contributed by atoms with Crippen molar-refractivity contribution in [3.05, 3.63) is 118 Å². The second-order valence-electron chi connectivity index (χ2n) is 10.2. The Balaban J connectivity index is 1.53. The number of esters is 1. The molecule has 0 aromatic heterocycles. The predicted molar refractivity (Wildman–Crippen MR) is 154 cm³/mol. The molecule has 0 saturated heterocycles. The second-order valence-corrected chi connectivity index (χ2v) is 10.2. The number of methoxy groups -OCH3 is 1. The van der Waals surface area contributed by atoms with Crippen LogP contribution in [0.15, 0.2) is 101 Å². The first kappa shape index (κ1) is 27.3. The molecule has 40 heavy (non-hydrogen) atoms. The lowest BCUT2D eigenvalue weighted by atomic mass is 9.71. The van der Waals surface area contributed by atoms with E-state index in [1.165, 1.54) is 0 Å². The Morgan fingerprint density at radius 3 is 2.35 bits per heavy atom. The van der Waals surface area contributed by atoms with Gasteiger partial charge in [0.1, 0.15) is 6.61 Å². The number of benzene rings is 3. The normalized spacial score (nSPS) is 18.6. The zero-order chi connectivity index (χ0) is 28.1. The van der Waals surface area contributed by atoms with E-state index in [4.69, 9.17) is 14.2 Å². The van der Waals surface area contributed by atoms with E-state index in [0.29, 0.717) is 60.8 Å². The van der Waals surface area contributed by atoms with Gasteiger partial charge in [-0.05, 0) is 54.5 Å². The summed E-state index contributed by atoms with van der Waals surface area (Å²) in [6, 6.07) is 25.7. The molecule has 0 bridgehead atoms. The van der Waals surface area contributed by atoms with Crippen molar-refractivity contribution in [2.24, 2.45) is 0 Å². The van der Waals surface area contributed by atoms with Gasteiger partial charge in [0.05, 0.1) is 19.3 Å². The van der Waals surface area contributed by atoms with E-state index < -0.39 is 11.9 Å².